The third-order valence-electron chi connectivity index (χ3n) is 3.36. The molecular formula is C13H17NO4S2. The minimum absolute atomic E-state index is 0.211. The first-order chi connectivity index (χ1) is 9.30. The van der Waals surface area contributed by atoms with Crippen LogP contribution in [0.5, 0.6) is 0 Å². The normalized spacial score (nSPS) is 25.8. The molecule has 5 nitrogen and oxygen atoms in total. The Morgan fingerprint density at radius 3 is 2.65 bits per heavy atom. The molecule has 0 fully saturated rings. The first kappa shape index (κ1) is 15.2. The molecule has 2 unspecified atom stereocenters. The summed E-state index contributed by atoms with van der Waals surface area (Å²) in [6.07, 6.45) is 1.46. The lowest BCUT2D eigenvalue weighted by atomic mass is 10.1. The van der Waals surface area contributed by atoms with Gasteiger partial charge in [0.25, 0.3) is 0 Å². The van der Waals surface area contributed by atoms with E-state index in [1.807, 2.05) is 0 Å². The molecule has 0 saturated heterocycles. The lowest BCUT2D eigenvalue weighted by Crippen LogP contribution is -2.38. The number of carbonyl (C=O) groups excluding carboxylic acids is 1. The van der Waals surface area contributed by atoms with Crippen LogP contribution in [0.4, 0.5) is 0 Å². The fraction of sp³-hybridized carbons (Fsp3) is 0.462. The van der Waals surface area contributed by atoms with E-state index in [0.717, 1.165) is 0 Å². The van der Waals surface area contributed by atoms with Crippen molar-refractivity contribution >= 4 is 26.5 Å². The quantitative estimate of drug-likeness (QED) is 0.894. The Balaban J connectivity index is 2.40. The van der Waals surface area contributed by atoms with E-state index >= 15 is 0 Å². The lowest BCUT2D eigenvalue weighted by Gasteiger charge is -2.29. The molecule has 1 aromatic rings. The molecule has 0 aliphatic carbocycles. The summed E-state index contributed by atoms with van der Waals surface area (Å²) < 4.78 is 36.4. The molecule has 0 aromatic heterocycles. The molecule has 1 aromatic carbocycles. The Kier molecular flexibility index (Phi) is 4.29. The Hall–Kier alpha value is -1.21. The van der Waals surface area contributed by atoms with Crippen LogP contribution in [0, 0.1) is 0 Å². The van der Waals surface area contributed by atoms with Crippen LogP contribution in [-0.4, -0.2) is 36.6 Å². The van der Waals surface area contributed by atoms with Gasteiger partial charge in [-0.25, -0.2) is 8.42 Å². The van der Waals surface area contributed by atoms with Crippen molar-refractivity contribution in [3.8, 4) is 0 Å². The van der Waals surface area contributed by atoms with Gasteiger partial charge >= 0.3 is 0 Å². The number of hydrogen-bond acceptors (Lipinski definition) is 4. The maximum Gasteiger partial charge on any atom is 0.216 e. The topological polar surface area (TPSA) is 80.3 Å². The minimum Gasteiger partial charge on any atom is -0.355 e. The van der Waals surface area contributed by atoms with Gasteiger partial charge in [-0.15, -0.1) is 0 Å². The maximum atomic E-state index is 12.5. The summed E-state index contributed by atoms with van der Waals surface area (Å²) >= 11 is 0. The Morgan fingerprint density at radius 1 is 1.40 bits per heavy atom. The number of sulfone groups is 1. The number of rotatable bonds is 3. The van der Waals surface area contributed by atoms with Gasteiger partial charge in [0, 0.05) is 24.6 Å². The summed E-state index contributed by atoms with van der Waals surface area (Å²) in [4.78, 5) is 11.5. The van der Waals surface area contributed by atoms with E-state index in [0.29, 0.717) is 10.5 Å². The second-order valence-corrected chi connectivity index (χ2v) is 8.88. The summed E-state index contributed by atoms with van der Waals surface area (Å²) in [6, 6.07) is 6.91. The van der Waals surface area contributed by atoms with Gasteiger partial charge in [-0.3, -0.25) is 9.00 Å². The minimum atomic E-state index is -3.28. The van der Waals surface area contributed by atoms with E-state index in [2.05, 4.69) is 5.32 Å². The fourth-order valence-corrected chi connectivity index (χ4v) is 5.45. The molecule has 0 bridgehead atoms. The zero-order valence-corrected chi connectivity index (χ0v) is 13.0. The predicted octanol–water partition coefficient (Wildman–Crippen LogP) is 0.788. The van der Waals surface area contributed by atoms with E-state index in [-0.39, 0.29) is 24.1 Å². The van der Waals surface area contributed by atoms with Gasteiger partial charge in [0.15, 0.2) is 9.84 Å². The summed E-state index contributed by atoms with van der Waals surface area (Å²) in [5.74, 6) is -0.211. The standard InChI is InChI=1S/C13H17NO4S2/c1-9(15)14-8-10-7-13(20(2,17)18)11-5-3-4-6-12(11)19(10)16/h3-6,10,13H,7-8H2,1-2H3,(H,14,15)/t10-,13?,19?/m1/s1. The highest BCUT2D eigenvalue weighted by Crippen LogP contribution is 2.38. The van der Waals surface area contributed by atoms with Crippen molar-refractivity contribution in [2.75, 3.05) is 12.8 Å². The lowest BCUT2D eigenvalue weighted by molar-refractivity contribution is -0.118. The van der Waals surface area contributed by atoms with Gasteiger partial charge < -0.3 is 5.32 Å². The molecule has 1 aliphatic rings. The van der Waals surface area contributed by atoms with Crippen LogP contribution < -0.4 is 5.32 Å². The highest BCUT2D eigenvalue weighted by molar-refractivity contribution is 7.91. The van der Waals surface area contributed by atoms with Crippen molar-refractivity contribution in [2.45, 2.75) is 28.7 Å². The Bertz CT molecular complexity index is 654. The van der Waals surface area contributed by atoms with Crippen molar-refractivity contribution in [1.29, 1.82) is 0 Å². The fourth-order valence-electron chi connectivity index (χ4n) is 2.38. The van der Waals surface area contributed by atoms with Crippen LogP contribution in [0.3, 0.4) is 0 Å². The van der Waals surface area contributed by atoms with Crippen LogP contribution in [0.1, 0.15) is 24.2 Å². The zero-order valence-electron chi connectivity index (χ0n) is 11.3. The largest absolute Gasteiger partial charge is 0.355 e. The molecule has 1 amide bonds. The van der Waals surface area contributed by atoms with E-state index in [4.69, 9.17) is 0 Å². The molecule has 1 aliphatic heterocycles. The number of nitrogens with one attached hydrogen (secondary N) is 1. The average molecular weight is 315 g/mol. The molecular weight excluding hydrogens is 298 g/mol. The highest BCUT2D eigenvalue weighted by atomic mass is 32.2. The van der Waals surface area contributed by atoms with Crippen LogP contribution >= 0.6 is 0 Å². The van der Waals surface area contributed by atoms with Crippen LogP contribution in [0.15, 0.2) is 29.2 Å². The Morgan fingerprint density at radius 2 is 2.05 bits per heavy atom. The van der Waals surface area contributed by atoms with E-state index in [1.54, 1.807) is 24.3 Å². The number of amides is 1. The second kappa shape index (κ2) is 5.65. The van der Waals surface area contributed by atoms with E-state index in [9.17, 15) is 17.4 Å². The van der Waals surface area contributed by atoms with E-state index < -0.39 is 25.9 Å². The molecule has 20 heavy (non-hydrogen) atoms. The van der Waals surface area contributed by atoms with Crippen LogP contribution in [0.2, 0.25) is 0 Å². The number of fused-ring (bicyclic) bond motifs is 1. The first-order valence-electron chi connectivity index (χ1n) is 6.23. The zero-order chi connectivity index (χ0) is 14.9. The third kappa shape index (κ3) is 3.09. The molecule has 1 N–H and O–H groups in total. The van der Waals surface area contributed by atoms with Crippen molar-refractivity contribution in [3.05, 3.63) is 29.8 Å². The van der Waals surface area contributed by atoms with Crippen molar-refractivity contribution in [3.63, 3.8) is 0 Å². The van der Waals surface area contributed by atoms with Crippen LogP contribution in [0.25, 0.3) is 0 Å². The van der Waals surface area contributed by atoms with Gasteiger partial charge in [-0.05, 0) is 18.1 Å². The van der Waals surface area contributed by atoms with Crippen molar-refractivity contribution in [1.82, 2.24) is 5.32 Å². The summed E-state index contributed by atoms with van der Waals surface area (Å²) in [5, 5.41) is 1.58. The van der Waals surface area contributed by atoms with Gasteiger partial charge in [0.05, 0.1) is 21.3 Å². The Labute approximate surface area is 121 Å². The molecule has 7 heteroatoms. The molecule has 0 radical (unpaired) electrons. The average Bonchev–Trinajstić information content (AvgIpc) is 2.36. The monoisotopic (exact) mass is 315 g/mol. The highest BCUT2D eigenvalue weighted by Gasteiger charge is 2.37. The summed E-state index contributed by atoms with van der Waals surface area (Å²) in [7, 11) is -4.59. The molecule has 110 valence electrons. The predicted molar refractivity (Wildman–Crippen MR) is 77.5 cm³/mol. The SMILES string of the molecule is CC(=O)NC[C@H]1CC(S(C)(=O)=O)c2ccccc2S1=O. The molecule has 2 rings (SSSR count). The molecule has 0 spiro atoms. The molecule has 1 heterocycles. The number of benzene rings is 1. The van der Waals surface area contributed by atoms with Crippen LogP contribution in [-0.2, 0) is 25.4 Å². The number of carbonyl (C=O) groups is 1. The number of hydrogen-bond donors (Lipinski definition) is 1. The van der Waals surface area contributed by atoms with Crippen molar-refractivity contribution in [2.24, 2.45) is 0 Å². The summed E-state index contributed by atoms with van der Waals surface area (Å²) in [6.45, 7) is 1.61. The third-order valence-corrected chi connectivity index (χ3v) is 6.61. The van der Waals surface area contributed by atoms with Gasteiger partial charge in [0.2, 0.25) is 5.91 Å². The smallest absolute Gasteiger partial charge is 0.216 e. The molecule has 0 saturated carbocycles. The van der Waals surface area contributed by atoms with Crippen molar-refractivity contribution < 1.29 is 17.4 Å². The summed E-state index contributed by atoms with van der Waals surface area (Å²) in [5.41, 5.74) is 0.618. The van der Waals surface area contributed by atoms with Gasteiger partial charge in [-0.1, -0.05) is 18.2 Å². The van der Waals surface area contributed by atoms with Gasteiger partial charge in [0.1, 0.15) is 0 Å². The molecule has 3 atom stereocenters. The maximum absolute atomic E-state index is 12.5. The first-order valence-corrected chi connectivity index (χ1v) is 9.40. The van der Waals surface area contributed by atoms with E-state index in [1.165, 1.54) is 13.2 Å². The van der Waals surface area contributed by atoms with Gasteiger partial charge in [-0.2, -0.15) is 0 Å². The second-order valence-electron chi connectivity index (χ2n) is 4.95.